The Morgan fingerprint density at radius 3 is 2.21 bits per heavy atom. The summed E-state index contributed by atoms with van der Waals surface area (Å²) in [4.78, 5) is 0. The molecule has 0 saturated heterocycles. The van der Waals surface area contributed by atoms with Gasteiger partial charge < -0.3 is 5.32 Å². The van der Waals surface area contributed by atoms with Crippen LogP contribution in [0.2, 0.25) is 0 Å². The number of anilines is 1. The van der Waals surface area contributed by atoms with Crippen LogP contribution in [0, 0.1) is 0 Å². The van der Waals surface area contributed by atoms with E-state index in [2.05, 4.69) is 74.3 Å². The van der Waals surface area contributed by atoms with Crippen molar-refractivity contribution in [1.29, 1.82) is 0 Å². The van der Waals surface area contributed by atoms with Crippen LogP contribution in [0.15, 0.2) is 66.7 Å². The first-order chi connectivity index (χ1) is 9.09. The lowest BCUT2D eigenvalue weighted by Gasteiger charge is -2.32. The first kappa shape index (κ1) is 13.4. The van der Waals surface area contributed by atoms with Crippen LogP contribution < -0.4 is 5.32 Å². The molecule has 0 aliphatic heterocycles. The van der Waals surface area contributed by atoms with Crippen LogP contribution in [0.25, 0.3) is 0 Å². The Balaban J connectivity index is 2.60. The summed E-state index contributed by atoms with van der Waals surface area (Å²) in [7, 11) is 1.94. The zero-order valence-electron chi connectivity index (χ0n) is 11.9. The highest BCUT2D eigenvalue weighted by atomic mass is 14.8. The quantitative estimate of drug-likeness (QED) is 0.782. The van der Waals surface area contributed by atoms with E-state index < -0.39 is 0 Å². The molecule has 0 heterocycles. The maximum atomic E-state index is 4.22. The van der Waals surface area contributed by atoms with Gasteiger partial charge in [-0.2, -0.15) is 0 Å². The largest absolute Gasteiger partial charge is 0.388 e. The molecule has 0 aromatic heterocycles. The highest BCUT2D eigenvalue weighted by Gasteiger charge is 2.29. The predicted octanol–water partition coefficient (Wildman–Crippen LogP) is 4.61. The summed E-state index contributed by atoms with van der Waals surface area (Å²) in [5.41, 5.74) is 4.65. The van der Waals surface area contributed by atoms with Gasteiger partial charge in [0.05, 0.1) is 0 Å². The number of hydrogen-bond donors (Lipinski definition) is 1. The minimum absolute atomic E-state index is 0.159. The Morgan fingerprint density at radius 1 is 1.00 bits per heavy atom. The molecule has 0 amide bonds. The number of allylic oxidation sites excluding steroid dienone is 1. The number of benzene rings is 2. The van der Waals surface area contributed by atoms with E-state index in [1.54, 1.807) is 0 Å². The van der Waals surface area contributed by atoms with Crippen molar-refractivity contribution in [3.05, 3.63) is 77.9 Å². The van der Waals surface area contributed by atoms with Crippen molar-refractivity contribution in [2.24, 2.45) is 0 Å². The van der Waals surface area contributed by atoms with Crippen molar-refractivity contribution >= 4 is 5.69 Å². The summed E-state index contributed by atoms with van der Waals surface area (Å²) in [6.45, 7) is 8.55. The molecule has 1 heteroatoms. The fraction of sp³-hybridized carbons (Fsp3) is 0.222. The van der Waals surface area contributed by atoms with E-state index in [1.807, 2.05) is 13.1 Å². The molecule has 2 aromatic carbocycles. The van der Waals surface area contributed by atoms with Gasteiger partial charge in [-0.1, -0.05) is 54.6 Å². The molecular formula is C18H21N. The second kappa shape index (κ2) is 5.31. The molecule has 0 radical (unpaired) electrons. The Hall–Kier alpha value is -2.02. The molecule has 1 atom stereocenters. The fourth-order valence-corrected chi connectivity index (χ4v) is 2.42. The van der Waals surface area contributed by atoms with Gasteiger partial charge in [0.25, 0.3) is 0 Å². The highest BCUT2D eigenvalue weighted by Crippen LogP contribution is 2.38. The van der Waals surface area contributed by atoms with Gasteiger partial charge >= 0.3 is 0 Å². The Labute approximate surface area is 116 Å². The van der Waals surface area contributed by atoms with E-state index in [1.165, 1.54) is 11.1 Å². The molecule has 0 fully saturated rings. The molecule has 0 spiro atoms. The van der Waals surface area contributed by atoms with E-state index in [4.69, 9.17) is 0 Å². The van der Waals surface area contributed by atoms with Crippen LogP contribution in [0.4, 0.5) is 5.69 Å². The third-order valence-corrected chi connectivity index (χ3v) is 3.93. The van der Waals surface area contributed by atoms with E-state index in [0.717, 1.165) is 11.3 Å². The molecule has 0 aliphatic rings. The summed E-state index contributed by atoms with van der Waals surface area (Å²) < 4.78 is 0. The van der Waals surface area contributed by atoms with Gasteiger partial charge in [0.1, 0.15) is 0 Å². The second-order valence-electron chi connectivity index (χ2n) is 5.10. The molecule has 98 valence electrons. The molecule has 0 bridgehead atoms. The molecule has 19 heavy (non-hydrogen) atoms. The lowest BCUT2D eigenvalue weighted by atomic mass is 9.71. The van der Waals surface area contributed by atoms with Gasteiger partial charge in [0.2, 0.25) is 0 Å². The molecular weight excluding hydrogens is 230 g/mol. The van der Waals surface area contributed by atoms with Crippen LogP contribution in [-0.2, 0) is 5.41 Å². The Kier molecular flexibility index (Phi) is 3.75. The third kappa shape index (κ3) is 2.41. The third-order valence-electron chi connectivity index (χ3n) is 3.93. The minimum Gasteiger partial charge on any atom is -0.388 e. The summed E-state index contributed by atoms with van der Waals surface area (Å²) in [6, 6.07) is 19.1. The summed E-state index contributed by atoms with van der Waals surface area (Å²) in [5.74, 6) is 0. The zero-order chi connectivity index (χ0) is 13.9. The van der Waals surface area contributed by atoms with E-state index in [0.29, 0.717) is 0 Å². The smallest absolute Gasteiger partial charge is 0.0378 e. The summed E-state index contributed by atoms with van der Waals surface area (Å²) in [6.07, 6.45) is 0. The van der Waals surface area contributed by atoms with Crippen LogP contribution in [0.3, 0.4) is 0 Å². The Morgan fingerprint density at radius 2 is 1.63 bits per heavy atom. The van der Waals surface area contributed by atoms with Crippen molar-refractivity contribution in [3.8, 4) is 0 Å². The van der Waals surface area contributed by atoms with Gasteiger partial charge in [0, 0.05) is 18.2 Å². The fourth-order valence-electron chi connectivity index (χ4n) is 2.42. The average Bonchev–Trinajstić information content (AvgIpc) is 2.47. The first-order valence-corrected chi connectivity index (χ1v) is 6.59. The highest BCUT2D eigenvalue weighted by molar-refractivity contribution is 5.53. The Bertz CT molecular complexity index is 571. The van der Waals surface area contributed by atoms with Crippen molar-refractivity contribution < 1.29 is 0 Å². The van der Waals surface area contributed by atoms with Gasteiger partial charge in [-0.15, -0.1) is 0 Å². The lowest BCUT2D eigenvalue weighted by Crippen LogP contribution is -2.24. The maximum absolute atomic E-state index is 4.22. The summed E-state index contributed by atoms with van der Waals surface area (Å²) in [5, 5.41) is 3.20. The standard InChI is InChI=1S/C18H21N/c1-14(2)18(3,15-9-6-5-7-10-15)16-11-8-12-17(13-16)19-4/h5-13,19H,1H2,2-4H3. The molecule has 1 nitrogen and oxygen atoms in total. The second-order valence-corrected chi connectivity index (χ2v) is 5.10. The van der Waals surface area contributed by atoms with Crippen molar-refractivity contribution in [1.82, 2.24) is 0 Å². The number of rotatable bonds is 4. The predicted molar refractivity (Wildman–Crippen MR) is 83.7 cm³/mol. The van der Waals surface area contributed by atoms with Crippen LogP contribution in [0.5, 0.6) is 0 Å². The minimum atomic E-state index is -0.159. The van der Waals surface area contributed by atoms with Crippen molar-refractivity contribution in [2.75, 3.05) is 12.4 Å². The van der Waals surface area contributed by atoms with Crippen LogP contribution in [-0.4, -0.2) is 7.05 Å². The van der Waals surface area contributed by atoms with E-state index in [9.17, 15) is 0 Å². The average molecular weight is 251 g/mol. The van der Waals surface area contributed by atoms with Crippen molar-refractivity contribution in [2.45, 2.75) is 19.3 Å². The molecule has 0 saturated carbocycles. The molecule has 1 N–H and O–H groups in total. The van der Waals surface area contributed by atoms with Gasteiger partial charge in [-0.25, -0.2) is 0 Å². The molecule has 0 aliphatic carbocycles. The van der Waals surface area contributed by atoms with Gasteiger partial charge in [0.15, 0.2) is 0 Å². The maximum Gasteiger partial charge on any atom is 0.0378 e. The normalized spacial score (nSPS) is 13.6. The van der Waals surface area contributed by atoms with Crippen molar-refractivity contribution in [3.63, 3.8) is 0 Å². The van der Waals surface area contributed by atoms with E-state index >= 15 is 0 Å². The number of nitrogens with one attached hydrogen (secondary N) is 1. The van der Waals surface area contributed by atoms with Crippen LogP contribution in [0.1, 0.15) is 25.0 Å². The number of hydrogen-bond acceptors (Lipinski definition) is 1. The van der Waals surface area contributed by atoms with Crippen LogP contribution >= 0.6 is 0 Å². The summed E-state index contributed by atoms with van der Waals surface area (Å²) >= 11 is 0. The molecule has 2 rings (SSSR count). The van der Waals surface area contributed by atoms with E-state index in [-0.39, 0.29) is 5.41 Å². The SMILES string of the molecule is C=C(C)C(C)(c1ccccc1)c1cccc(NC)c1. The molecule has 2 aromatic rings. The topological polar surface area (TPSA) is 12.0 Å². The van der Waals surface area contributed by atoms with Gasteiger partial charge in [-0.3, -0.25) is 0 Å². The molecule has 1 unspecified atom stereocenters. The van der Waals surface area contributed by atoms with Gasteiger partial charge in [-0.05, 0) is 37.1 Å². The lowest BCUT2D eigenvalue weighted by molar-refractivity contribution is 0.677. The monoisotopic (exact) mass is 251 g/mol. The first-order valence-electron chi connectivity index (χ1n) is 6.59. The zero-order valence-corrected chi connectivity index (χ0v) is 11.9.